The molecule has 0 radical (unpaired) electrons. The number of morpholine rings is 1. The van der Waals surface area contributed by atoms with Crippen LogP contribution in [0.3, 0.4) is 0 Å². The number of phenolic OH excluding ortho intramolecular Hbond substituents is 2. The molecule has 0 aromatic heterocycles. The zero-order valence-electron chi connectivity index (χ0n) is 39.7. The van der Waals surface area contributed by atoms with E-state index in [4.69, 9.17) is 42.6 Å². The van der Waals surface area contributed by atoms with Crippen LogP contribution in [0.5, 0.6) is 17.2 Å². The van der Waals surface area contributed by atoms with Crippen molar-refractivity contribution in [2.24, 2.45) is 5.92 Å². The molecule has 0 unspecified atom stereocenters. The van der Waals surface area contributed by atoms with Crippen LogP contribution < -0.4 is 15.4 Å². The predicted octanol–water partition coefficient (Wildman–Crippen LogP) is 3.59. The highest BCUT2D eigenvalue weighted by Crippen LogP contribution is 2.53. The highest BCUT2D eigenvalue weighted by Gasteiger charge is 2.56. The molecule has 8 aliphatic rings. The van der Waals surface area contributed by atoms with Crippen LogP contribution in [0.15, 0.2) is 66.7 Å². The largest absolute Gasteiger partial charge is 0.507 e. The summed E-state index contributed by atoms with van der Waals surface area (Å²) in [5, 5.41) is 42.8. The van der Waals surface area contributed by atoms with E-state index in [9.17, 15) is 34.5 Å². The van der Waals surface area contributed by atoms with Gasteiger partial charge in [-0.2, -0.15) is 0 Å². The fourth-order valence-corrected chi connectivity index (χ4v) is 12.5. The highest BCUT2D eigenvalue weighted by molar-refractivity contribution is 6.31. The molecule has 3 aliphatic carbocycles. The maximum atomic E-state index is 14.6. The van der Waals surface area contributed by atoms with E-state index in [1.807, 2.05) is 31.2 Å². The lowest BCUT2D eigenvalue weighted by molar-refractivity contribution is -0.256. The zero-order chi connectivity index (χ0) is 49.7. The first kappa shape index (κ1) is 47.0. The number of ether oxygens (including phenoxy) is 9. The van der Waals surface area contributed by atoms with E-state index in [0.29, 0.717) is 13.2 Å². The molecule has 5 fully saturated rings. The Kier molecular flexibility index (Phi) is 11.9. The average Bonchev–Trinajstić information content (AvgIpc) is 4.17. The number of amides is 2. The van der Waals surface area contributed by atoms with E-state index in [1.165, 1.54) is 25.3 Å². The normalized spacial score (nSPS) is 32.1. The summed E-state index contributed by atoms with van der Waals surface area (Å²) in [5.41, 5.74) is 0.869. The summed E-state index contributed by atoms with van der Waals surface area (Å²) in [6.07, 6.45) is -6.90. The quantitative estimate of drug-likeness (QED) is 0.126. The number of benzene rings is 4. The third kappa shape index (κ3) is 7.50. The number of rotatable bonds is 10. The minimum Gasteiger partial charge on any atom is -0.507 e. The van der Waals surface area contributed by atoms with Crippen molar-refractivity contribution in [1.29, 1.82) is 0 Å². The fourth-order valence-electron chi connectivity index (χ4n) is 12.5. The van der Waals surface area contributed by atoms with Crippen molar-refractivity contribution < 1.29 is 77.1 Å². The number of carbonyl (C=O) groups excluding carboxylic acids is 4. The van der Waals surface area contributed by atoms with Gasteiger partial charge in [0.1, 0.15) is 41.7 Å². The van der Waals surface area contributed by atoms with Gasteiger partial charge in [-0.25, -0.2) is 4.79 Å². The molecule has 12 atom stereocenters. The number of nitrogens with zero attached hydrogens (tertiary/aromatic N) is 1. The molecule has 5 aliphatic heterocycles. The molecule has 5 N–H and O–H groups in total. The Morgan fingerprint density at radius 3 is 2.31 bits per heavy atom. The molecule has 12 rings (SSSR count). The number of hydrogen-bond donors (Lipinski definition) is 5. The molecule has 19 nitrogen and oxygen atoms in total. The number of nitrogens with one attached hydrogen (secondary N) is 2. The van der Waals surface area contributed by atoms with Crippen LogP contribution in [0.4, 0.5) is 4.79 Å². The second kappa shape index (κ2) is 18.2. The second-order valence-corrected chi connectivity index (χ2v) is 19.8. The summed E-state index contributed by atoms with van der Waals surface area (Å²) < 4.78 is 54.4. The van der Waals surface area contributed by atoms with Crippen molar-refractivity contribution >= 4 is 23.6 Å². The molecule has 19 heteroatoms. The van der Waals surface area contributed by atoms with Crippen molar-refractivity contribution in [2.45, 2.75) is 99.1 Å². The summed E-state index contributed by atoms with van der Waals surface area (Å²) in [5.74, 6) is -3.96. The second-order valence-electron chi connectivity index (χ2n) is 19.8. The summed E-state index contributed by atoms with van der Waals surface area (Å²) in [6, 6.07) is 19.7. The van der Waals surface area contributed by atoms with Gasteiger partial charge in [-0.05, 0) is 35.2 Å². The standard InChI is InChI=1S/C53H55N3O16/c1-24-46-34(56-15-16-66-50(65-3)49(56)72-46)17-37(70-24)71-36-19-53(63,18-31-39(36)45(60)41-40(43(31)58)42(57)30-13-8-14-35(64-2)38(30)44(41)59)51(61)55-33-23-68-47-25(21-67-48(33)47)20-54-52(62)69-22-32-28-11-6-4-9-26(28)27-10-5-7-12-29(27)32/h4-14,24-25,32-34,36-37,46-50,58,60,63H,15-23H2,1-3H3,(H,54,62)(H,55,61)/t24-,25-,33-,34-,36-,37-,46+,47+,48+,49+,50-,53-/m0/s1. The first-order valence-corrected chi connectivity index (χ1v) is 24.5. The maximum Gasteiger partial charge on any atom is 0.407 e. The number of aromatic hydroxyl groups is 2. The molecular formula is C53H55N3O16. The SMILES string of the molecule is COc1cccc2c1C(=O)c1c(O)c3c(c(O)c1C2=O)C[C@@](O)(C(=O)N[C@H]1CO[C@@H]2[C@@H](CNC(=O)OCC4c5ccccc5-c5ccccc54)CO[C@@H]21)C[C@@H]3O[C@H]1C[C@H]2[C@H](O[C@@H]3[C@@H](OC)OCCN32)[C@H](C)O1. The third-order valence-electron chi connectivity index (χ3n) is 15.9. The molecule has 0 saturated carbocycles. The Balaban J connectivity index is 0.771. The first-order chi connectivity index (χ1) is 34.9. The van der Waals surface area contributed by atoms with E-state index in [0.717, 1.165) is 22.3 Å². The van der Waals surface area contributed by atoms with Gasteiger partial charge in [0.2, 0.25) is 5.78 Å². The predicted molar refractivity (Wildman–Crippen MR) is 250 cm³/mol. The van der Waals surface area contributed by atoms with Crippen LogP contribution in [0.1, 0.15) is 85.9 Å². The lowest BCUT2D eigenvalue weighted by Crippen LogP contribution is -2.57. The van der Waals surface area contributed by atoms with Gasteiger partial charge in [0, 0.05) is 74.0 Å². The maximum absolute atomic E-state index is 14.6. The van der Waals surface area contributed by atoms with Gasteiger partial charge in [-0.15, -0.1) is 0 Å². The first-order valence-electron chi connectivity index (χ1n) is 24.5. The van der Waals surface area contributed by atoms with Gasteiger partial charge in [0.25, 0.3) is 5.91 Å². The van der Waals surface area contributed by atoms with Gasteiger partial charge < -0.3 is 68.6 Å². The Labute approximate surface area is 413 Å². The Bertz CT molecular complexity index is 2830. The molecule has 378 valence electrons. The molecular weight excluding hydrogens is 935 g/mol. The number of phenols is 2. The summed E-state index contributed by atoms with van der Waals surface area (Å²) in [4.78, 5) is 58.4. The minimum atomic E-state index is -2.32. The summed E-state index contributed by atoms with van der Waals surface area (Å²) in [6.45, 7) is 3.36. The van der Waals surface area contributed by atoms with Crippen LogP contribution in [0.2, 0.25) is 0 Å². The molecule has 5 saturated heterocycles. The highest BCUT2D eigenvalue weighted by atomic mass is 16.7. The van der Waals surface area contributed by atoms with E-state index in [2.05, 4.69) is 39.8 Å². The smallest absolute Gasteiger partial charge is 0.407 e. The lowest BCUT2D eigenvalue weighted by Gasteiger charge is -2.43. The Morgan fingerprint density at radius 1 is 0.833 bits per heavy atom. The van der Waals surface area contributed by atoms with Crippen LogP contribution in [-0.2, 0) is 49.1 Å². The monoisotopic (exact) mass is 989 g/mol. The molecule has 72 heavy (non-hydrogen) atoms. The van der Waals surface area contributed by atoms with Gasteiger partial charge in [0.05, 0.1) is 68.0 Å². The molecule has 0 spiro atoms. The Hall–Kier alpha value is -6.00. The van der Waals surface area contributed by atoms with Gasteiger partial charge >= 0.3 is 6.09 Å². The van der Waals surface area contributed by atoms with Crippen LogP contribution in [0, 0.1) is 5.92 Å². The third-order valence-corrected chi connectivity index (χ3v) is 15.9. The number of ketones is 2. The number of aliphatic hydroxyl groups is 1. The van der Waals surface area contributed by atoms with E-state index in [1.54, 1.807) is 7.11 Å². The van der Waals surface area contributed by atoms with Crippen LogP contribution >= 0.6 is 0 Å². The zero-order valence-corrected chi connectivity index (χ0v) is 39.7. The van der Waals surface area contributed by atoms with Crippen molar-refractivity contribution in [3.8, 4) is 28.4 Å². The van der Waals surface area contributed by atoms with Crippen molar-refractivity contribution in [3.63, 3.8) is 0 Å². The number of hydrogen-bond acceptors (Lipinski definition) is 17. The van der Waals surface area contributed by atoms with E-state index < -0.39 is 114 Å². The van der Waals surface area contributed by atoms with E-state index >= 15 is 0 Å². The van der Waals surface area contributed by atoms with Gasteiger partial charge in [-0.3, -0.25) is 19.3 Å². The van der Waals surface area contributed by atoms with Crippen molar-refractivity contribution in [3.05, 3.63) is 111 Å². The molecule has 4 aromatic rings. The lowest BCUT2D eigenvalue weighted by atomic mass is 9.72. The van der Waals surface area contributed by atoms with Crippen LogP contribution in [0.25, 0.3) is 11.1 Å². The molecule has 2 amide bonds. The molecule has 0 bridgehead atoms. The molecule has 5 heterocycles. The topological polar surface area (TPSA) is 239 Å². The summed E-state index contributed by atoms with van der Waals surface area (Å²) >= 11 is 0. The van der Waals surface area contributed by atoms with E-state index in [-0.39, 0.29) is 84.8 Å². The van der Waals surface area contributed by atoms with Crippen molar-refractivity contribution in [2.75, 3.05) is 53.7 Å². The number of carbonyl (C=O) groups is 4. The van der Waals surface area contributed by atoms with Gasteiger partial charge in [0.15, 0.2) is 24.6 Å². The van der Waals surface area contributed by atoms with Crippen molar-refractivity contribution in [1.82, 2.24) is 15.5 Å². The average molecular weight is 990 g/mol. The number of alkyl carbamates (subject to hydrolysis) is 1. The minimum absolute atomic E-state index is 0.0268. The fraction of sp³-hybridized carbons (Fsp3) is 0.472. The van der Waals surface area contributed by atoms with Crippen LogP contribution in [-0.4, -0.2) is 158 Å². The molecule has 4 aromatic carbocycles. The summed E-state index contributed by atoms with van der Waals surface area (Å²) in [7, 11) is 2.89. The number of methoxy groups -OCH3 is 2. The van der Waals surface area contributed by atoms with Gasteiger partial charge in [-0.1, -0.05) is 60.7 Å². The number of fused-ring (bicyclic) bond motifs is 10. The Morgan fingerprint density at radius 2 is 1.56 bits per heavy atom.